The van der Waals surface area contributed by atoms with Crippen molar-refractivity contribution in [1.29, 1.82) is 0 Å². The second kappa shape index (κ2) is 6.05. The molecule has 1 unspecified atom stereocenters. The number of carboxylic acid groups (broad SMARTS) is 1. The van der Waals surface area contributed by atoms with E-state index in [2.05, 4.69) is 0 Å². The smallest absolute Gasteiger partial charge is 0.462 e. The lowest BCUT2D eigenvalue weighted by Gasteiger charge is -2.43. The summed E-state index contributed by atoms with van der Waals surface area (Å²) >= 11 is 0. The average molecular weight is 354 g/mol. The van der Waals surface area contributed by atoms with E-state index in [0.717, 1.165) is 5.56 Å². The van der Waals surface area contributed by atoms with Crippen LogP contribution in [0.4, 0.5) is 13.6 Å². The van der Waals surface area contributed by atoms with Crippen molar-refractivity contribution in [1.82, 2.24) is 0 Å². The van der Waals surface area contributed by atoms with Crippen LogP contribution in [0.25, 0.3) is 0 Å². The minimum Gasteiger partial charge on any atom is -0.462 e. The number of amides is 1. The van der Waals surface area contributed by atoms with Crippen molar-refractivity contribution in [2.45, 2.75) is 44.7 Å². The van der Waals surface area contributed by atoms with Crippen molar-refractivity contribution in [2.24, 2.45) is 5.41 Å². The number of alkyl halides is 2. The fourth-order valence-corrected chi connectivity index (χ4v) is 4.53. The van der Waals surface area contributed by atoms with E-state index in [0.29, 0.717) is 0 Å². The fraction of sp³-hybridized carbons (Fsp3) is 0.556. The second-order valence-electron chi connectivity index (χ2n) is 7.30. The van der Waals surface area contributed by atoms with E-state index in [9.17, 15) is 23.5 Å². The third-order valence-electron chi connectivity index (χ3n) is 5.35. The number of esters is 1. The standard InChI is InChI=1S/C18H21F2NO4/c1-2-25-15(22)14-8-17(10-18(19,20)11-17)12-21(14,16(23)24)9-13-6-4-3-5-7-13/h3-7,14H,2,8-12H2,1H3/p+1/t14-,21?/m0/s1. The number of carbonyl (C=O) groups excluding carboxylic acids is 1. The summed E-state index contributed by atoms with van der Waals surface area (Å²) in [6, 6.07) is 7.99. The van der Waals surface area contributed by atoms with E-state index in [1.165, 1.54) is 0 Å². The van der Waals surface area contributed by atoms with Crippen LogP contribution < -0.4 is 0 Å². The molecule has 1 amide bonds. The molecule has 2 fully saturated rings. The summed E-state index contributed by atoms with van der Waals surface area (Å²) in [7, 11) is 0. The van der Waals surface area contributed by atoms with Crippen molar-refractivity contribution in [3.8, 4) is 0 Å². The summed E-state index contributed by atoms with van der Waals surface area (Å²) in [5.41, 5.74) is -0.0593. The zero-order valence-corrected chi connectivity index (χ0v) is 14.1. The van der Waals surface area contributed by atoms with E-state index in [1.54, 1.807) is 31.2 Å². The number of nitrogens with zero attached hydrogens (tertiary/aromatic N) is 1. The molecule has 1 saturated heterocycles. The number of benzene rings is 1. The molecule has 3 rings (SSSR count). The molecule has 0 aromatic heterocycles. The number of quaternary nitrogens is 1. The van der Waals surface area contributed by atoms with Gasteiger partial charge in [-0.3, -0.25) is 0 Å². The minimum absolute atomic E-state index is 0.0241. The summed E-state index contributed by atoms with van der Waals surface area (Å²) in [6.45, 7) is 1.87. The van der Waals surface area contributed by atoms with Crippen LogP contribution in [-0.2, 0) is 16.1 Å². The average Bonchev–Trinajstić information content (AvgIpc) is 2.83. The molecule has 1 aromatic rings. The van der Waals surface area contributed by atoms with Crippen molar-refractivity contribution in [2.75, 3.05) is 13.2 Å². The zero-order valence-electron chi connectivity index (χ0n) is 14.1. The van der Waals surface area contributed by atoms with Gasteiger partial charge in [0.2, 0.25) is 5.92 Å². The Morgan fingerprint density at radius 2 is 1.92 bits per heavy atom. The first kappa shape index (κ1) is 17.8. The number of hydrogen-bond donors (Lipinski definition) is 1. The van der Waals surface area contributed by atoms with Crippen LogP contribution in [0.2, 0.25) is 0 Å². The van der Waals surface area contributed by atoms with Gasteiger partial charge in [-0.2, -0.15) is 4.79 Å². The number of halogens is 2. The van der Waals surface area contributed by atoms with Crippen LogP contribution in [0.1, 0.15) is 31.7 Å². The zero-order chi connectivity index (χ0) is 18.3. The van der Waals surface area contributed by atoms with E-state index in [4.69, 9.17) is 4.74 Å². The molecule has 1 heterocycles. The molecule has 0 bridgehead atoms. The summed E-state index contributed by atoms with van der Waals surface area (Å²) in [5.74, 6) is -3.39. The van der Waals surface area contributed by atoms with Crippen LogP contribution >= 0.6 is 0 Å². The van der Waals surface area contributed by atoms with Gasteiger partial charge in [0.25, 0.3) is 0 Å². The molecular formula is C18H22F2NO4+. The molecule has 1 N–H and O–H groups in total. The normalized spacial score (nSPS) is 29.2. The lowest BCUT2D eigenvalue weighted by atomic mass is 9.65. The molecule has 7 heteroatoms. The maximum absolute atomic E-state index is 13.5. The maximum atomic E-state index is 13.5. The van der Waals surface area contributed by atoms with Gasteiger partial charge in [0.1, 0.15) is 6.54 Å². The topological polar surface area (TPSA) is 63.6 Å². The molecule has 1 spiro atoms. The molecule has 1 aliphatic carbocycles. The Morgan fingerprint density at radius 1 is 1.28 bits per heavy atom. The number of ether oxygens (including phenoxy) is 1. The predicted octanol–water partition coefficient (Wildman–Crippen LogP) is 3.43. The van der Waals surface area contributed by atoms with Crippen LogP contribution in [0, 0.1) is 5.41 Å². The first-order chi connectivity index (χ1) is 11.7. The van der Waals surface area contributed by atoms with E-state index < -0.39 is 33.9 Å². The Balaban J connectivity index is 1.96. The highest BCUT2D eigenvalue weighted by Crippen LogP contribution is 2.60. The Bertz CT molecular complexity index is 671. The van der Waals surface area contributed by atoms with Crippen molar-refractivity contribution < 1.29 is 32.7 Å². The van der Waals surface area contributed by atoms with Gasteiger partial charge >= 0.3 is 12.1 Å². The van der Waals surface area contributed by atoms with Crippen molar-refractivity contribution in [3.05, 3.63) is 35.9 Å². The third-order valence-corrected chi connectivity index (χ3v) is 5.35. The molecule has 5 nitrogen and oxygen atoms in total. The number of rotatable bonds is 4. The highest BCUT2D eigenvalue weighted by atomic mass is 19.3. The van der Waals surface area contributed by atoms with Crippen LogP contribution in [-0.4, -0.2) is 46.8 Å². The predicted molar refractivity (Wildman–Crippen MR) is 85.0 cm³/mol. The summed E-state index contributed by atoms with van der Waals surface area (Å²) < 4.78 is 31.5. The molecule has 0 radical (unpaired) electrons. The van der Waals surface area contributed by atoms with Gasteiger partial charge in [0.05, 0.1) is 13.2 Å². The molecule has 1 aromatic carbocycles. The van der Waals surface area contributed by atoms with Crippen LogP contribution in [0.3, 0.4) is 0 Å². The Morgan fingerprint density at radius 3 is 2.44 bits per heavy atom. The number of carbonyl (C=O) groups is 2. The molecule has 136 valence electrons. The van der Waals surface area contributed by atoms with Gasteiger partial charge in [-0.05, 0) is 6.92 Å². The second-order valence-corrected chi connectivity index (χ2v) is 7.30. The van der Waals surface area contributed by atoms with Crippen molar-refractivity contribution in [3.63, 3.8) is 0 Å². The lowest BCUT2D eigenvalue weighted by molar-refractivity contribution is -0.878. The van der Waals surface area contributed by atoms with Crippen LogP contribution in [0.5, 0.6) is 0 Å². The Hall–Kier alpha value is -2.02. The third kappa shape index (κ3) is 3.13. The van der Waals surface area contributed by atoms with E-state index in [-0.39, 0.29) is 39.0 Å². The SMILES string of the molecule is CCOC(=O)[C@@H]1CC2(CC(F)(F)C2)C[N+]1(Cc1ccccc1)C(=O)O. The number of likely N-dealkylation sites (tertiary alicyclic amines) is 1. The summed E-state index contributed by atoms with van der Waals surface area (Å²) in [6.07, 6.45) is -1.77. The van der Waals surface area contributed by atoms with Gasteiger partial charge in [-0.25, -0.2) is 18.1 Å². The van der Waals surface area contributed by atoms with Gasteiger partial charge in [-0.1, -0.05) is 30.3 Å². The van der Waals surface area contributed by atoms with Gasteiger partial charge in [0, 0.05) is 30.2 Å². The summed E-state index contributed by atoms with van der Waals surface area (Å²) in [4.78, 5) is 24.7. The van der Waals surface area contributed by atoms with Crippen molar-refractivity contribution >= 4 is 12.1 Å². The lowest BCUT2D eigenvalue weighted by Crippen LogP contribution is -2.59. The molecular weight excluding hydrogens is 332 g/mol. The Labute approximate surface area is 144 Å². The van der Waals surface area contributed by atoms with Crippen LogP contribution in [0.15, 0.2) is 30.3 Å². The molecule has 1 saturated carbocycles. The quantitative estimate of drug-likeness (QED) is 0.665. The van der Waals surface area contributed by atoms with E-state index in [1.807, 2.05) is 6.07 Å². The molecule has 1 aliphatic heterocycles. The summed E-state index contributed by atoms with van der Waals surface area (Å²) in [5, 5.41) is 9.97. The molecule has 25 heavy (non-hydrogen) atoms. The monoisotopic (exact) mass is 354 g/mol. The Kier molecular flexibility index (Phi) is 4.31. The van der Waals surface area contributed by atoms with Gasteiger partial charge in [0.15, 0.2) is 6.04 Å². The highest BCUT2D eigenvalue weighted by molar-refractivity contribution is 5.77. The number of hydrogen-bond acceptors (Lipinski definition) is 3. The first-order valence-electron chi connectivity index (χ1n) is 8.41. The first-order valence-corrected chi connectivity index (χ1v) is 8.41. The molecule has 2 aliphatic rings. The largest absolute Gasteiger partial charge is 0.514 e. The minimum atomic E-state index is -2.77. The van der Waals surface area contributed by atoms with Gasteiger partial charge in [-0.15, -0.1) is 0 Å². The fourth-order valence-electron chi connectivity index (χ4n) is 4.53. The van der Waals surface area contributed by atoms with Gasteiger partial charge < -0.3 is 9.84 Å². The van der Waals surface area contributed by atoms with E-state index >= 15 is 0 Å². The highest BCUT2D eigenvalue weighted by Gasteiger charge is 2.70. The maximum Gasteiger partial charge on any atom is 0.514 e. The molecule has 2 atom stereocenters.